The predicted molar refractivity (Wildman–Crippen MR) is 114 cm³/mol. The molecule has 150 valence electrons. The highest BCUT2D eigenvalue weighted by atomic mass is 35.5. The maximum absolute atomic E-state index is 12.4. The van der Waals surface area contributed by atoms with Crippen LogP contribution in [-0.4, -0.2) is 36.3 Å². The summed E-state index contributed by atoms with van der Waals surface area (Å²) in [5.74, 6) is -0.0397. The molecule has 0 bridgehead atoms. The van der Waals surface area contributed by atoms with Gasteiger partial charge in [-0.05, 0) is 56.3 Å². The van der Waals surface area contributed by atoms with Crippen LogP contribution < -0.4 is 10.6 Å². The van der Waals surface area contributed by atoms with Crippen molar-refractivity contribution in [2.24, 2.45) is 5.92 Å². The lowest BCUT2D eigenvalue weighted by molar-refractivity contribution is -0.121. The molecule has 1 heterocycles. The van der Waals surface area contributed by atoms with Gasteiger partial charge in [0.05, 0.1) is 10.6 Å². The predicted octanol–water partition coefficient (Wildman–Crippen LogP) is 3.89. The van der Waals surface area contributed by atoms with Crippen molar-refractivity contribution in [3.63, 3.8) is 0 Å². The number of nitriles is 1. The third kappa shape index (κ3) is 6.05. The van der Waals surface area contributed by atoms with Crippen molar-refractivity contribution >= 4 is 34.8 Å². The highest BCUT2D eigenvalue weighted by Crippen LogP contribution is 2.21. The Balaban J connectivity index is 1.39. The van der Waals surface area contributed by atoms with Crippen molar-refractivity contribution in [2.75, 3.05) is 30.3 Å². The van der Waals surface area contributed by atoms with Gasteiger partial charge in [0.1, 0.15) is 6.07 Å². The molecule has 2 aromatic carbocycles. The zero-order valence-electron chi connectivity index (χ0n) is 16.0. The van der Waals surface area contributed by atoms with Crippen LogP contribution in [0.4, 0.5) is 11.4 Å². The summed E-state index contributed by atoms with van der Waals surface area (Å²) >= 11 is 5.99. The Morgan fingerprint density at radius 1 is 1.07 bits per heavy atom. The van der Waals surface area contributed by atoms with Crippen LogP contribution in [0.1, 0.15) is 24.8 Å². The first-order chi connectivity index (χ1) is 14.0. The summed E-state index contributed by atoms with van der Waals surface area (Å²) in [4.78, 5) is 26.8. The van der Waals surface area contributed by atoms with Crippen LogP contribution >= 0.6 is 11.6 Å². The van der Waals surface area contributed by atoms with E-state index in [9.17, 15) is 9.59 Å². The number of piperidine rings is 1. The van der Waals surface area contributed by atoms with Crippen LogP contribution in [0.2, 0.25) is 5.02 Å². The van der Waals surface area contributed by atoms with Gasteiger partial charge >= 0.3 is 0 Å². The average molecular weight is 411 g/mol. The molecule has 0 aliphatic carbocycles. The number of halogens is 1. The normalized spacial score (nSPS) is 14.8. The van der Waals surface area contributed by atoms with Crippen LogP contribution in [0.25, 0.3) is 0 Å². The molecule has 2 N–H and O–H groups in total. The monoisotopic (exact) mass is 410 g/mol. The number of nitrogens with one attached hydrogen (secondary N) is 2. The van der Waals surface area contributed by atoms with E-state index in [4.69, 9.17) is 16.9 Å². The molecule has 3 rings (SSSR count). The minimum atomic E-state index is -0.102. The molecule has 0 aromatic heterocycles. The highest BCUT2D eigenvalue weighted by molar-refractivity contribution is 6.32. The van der Waals surface area contributed by atoms with E-state index in [0.717, 1.165) is 31.6 Å². The van der Waals surface area contributed by atoms with E-state index in [1.807, 2.05) is 36.4 Å². The molecular formula is C22H23ClN4O2. The molecular weight excluding hydrogens is 388 g/mol. The molecule has 0 spiro atoms. The lowest BCUT2D eigenvalue weighted by Gasteiger charge is -2.31. The lowest BCUT2D eigenvalue weighted by atomic mass is 9.95. The minimum Gasteiger partial charge on any atom is -0.326 e. The number of carbonyl (C=O) groups is 2. The molecule has 1 aliphatic rings. The van der Waals surface area contributed by atoms with Gasteiger partial charge in [-0.25, -0.2) is 0 Å². The third-order valence-corrected chi connectivity index (χ3v) is 5.34. The van der Waals surface area contributed by atoms with Gasteiger partial charge in [0.25, 0.3) is 0 Å². The van der Waals surface area contributed by atoms with Gasteiger partial charge < -0.3 is 15.5 Å². The number of rotatable bonds is 6. The lowest BCUT2D eigenvalue weighted by Crippen LogP contribution is -2.39. The molecule has 0 unspecified atom stereocenters. The van der Waals surface area contributed by atoms with Crippen LogP contribution in [-0.2, 0) is 9.59 Å². The number of hydrogen-bond acceptors (Lipinski definition) is 4. The summed E-state index contributed by atoms with van der Waals surface area (Å²) in [6.45, 7) is 2.23. The van der Waals surface area contributed by atoms with Gasteiger partial charge in [0.15, 0.2) is 0 Å². The van der Waals surface area contributed by atoms with E-state index in [-0.39, 0.29) is 17.7 Å². The second-order valence-electron chi connectivity index (χ2n) is 7.08. The highest BCUT2D eigenvalue weighted by Gasteiger charge is 2.25. The largest absolute Gasteiger partial charge is 0.326 e. The van der Waals surface area contributed by atoms with E-state index in [0.29, 0.717) is 29.2 Å². The fourth-order valence-electron chi connectivity index (χ4n) is 3.35. The summed E-state index contributed by atoms with van der Waals surface area (Å²) < 4.78 is 0. The SMILES string of the molecule is N#Cc1ccc(NC(=O)CCN2CCC(C(=O)Nc3ccccc3)CC2)cc1Cl. The van der Waals surface area contributed by atoms with E-state index >= 15 is 0 Å². The number of likely N-dealkylation sites (tertiary alicyclic amines) is 1. The van der Waals surface area contributed by atoms with E-state index in [1.54, 1.807) is 18.2 Å². The maximum Gasteiger partial charge on any atom is 0.227 e. The van der Waals surface area contributed by atoms with Crippen LogP contribution in [0.15, 0.2) is 48.5 Å². The molecule has 1 saturated heterocycles. The molecule has 0 radical (unpaired) electrons. The zero-order valence-corrected chi connectivity index (χ0v) is 16.8. The van der Waals surface area contributed by atoms with Gasteiger partial charge in [-0.3, -0.25) is 9.59 Å². The van der Waals surface area contributed by atoms with Crippen molar-refractivity contribution in [1.82, 2.24) is 4.90 Å². The molecule has 1 aliphatic heterocycles. The zero-order chi connectivity index (χ0) is 20.6. The molecule has 6 nitrogen and oxygen atoms in total. The summed E-state index contributed by atoms with van der Waals surface area (Å²) in [7, 11) is 0. The third-order valence-electron chi connectivity index (χ3n) is 5.03. The van der Waals surface area contributed by atoms with Crippen LogP contribution in [0.3, 0.4) is 0 Å². The smallest absolute Gasteiger partial charge is 0.227 e. The van der Waals surface area contributed by atoms with Crippen molar-refractivity contribution in [3.8, 4) is 6.07 Å². The molecule has 1 fully saturated rings. The number of anilines is 2. The molecule has 7 heteroatoms. The fraction of sp³-hybridized carbons (Fsp3) is 0.318. The van der Waals surface area contributed by atoms with Crippen LogP contribution in [0, 0.1) is 17.2 Å². The van der Waals surface area contributed by atoms with Crippen molar-refractivity contribution in [1.29, 1.82) is 5.26 Å². The first-order valence-corrected chi connectivity index (χ1v) is 10.0. The Bertz CT molecular complexity index is 903. The molecule has 2 amide bonds. The Hall–Kier alpha value is -2.88. The Morgan fingerprint density at radius 3 is 2.45 bits per heavy atom. The first kappa shape index (κ1) is 20.8. The number of carbonyl (C=O) groups excluding carboxylic acids is 2. The average Bonchev–Trinajstić information content (AvgIpc) is 2.73. The topological polar surface area (TPSA) is 85.2 Å². The molecule has 2 aromatic rings. The molecule has 29 heavy (non-hydrogen) atoms. The quantitative estimate of drug-likeness (QED) is 0.756. The molecule has 0 saturated carbocycles. The second kappa shape index (κ2) is 10.1. The van der Waals surface area contributed by atoms with Gasteiger partial charge in [-0.1, -0.05) is 29.8 Å². The van der Waals surface area contributed by atoms with E-state index in [2.05, 4.69) is 15.5 Å². The Labute approximate surface area is 175 Å². The van der Waals surface area contributed by atoms with Gasteiger partial charge in [-0.15, -0.1) is 0 Å². The number of hydrogen-bond donors (Lipinski definition) is 2. The summed E-state index contributed by atoms with van der Waals surface area (Å²) in [5.41, 5.74) is 1.78. The van der Waals surface area contributed by atoms with Gasteiger partial charge in [-0.2, -0.15) is 5.26 Å². The van der Waals surface area contributed by atoms with Gasteiger partial charge in [0.2, 0.25) is 11.8 Å². The summed E-state index contributed by atoms with van der Waals surface area (Å²) in [5, 5.41) is 15.0. The standard InChI is InChI=1S/C22H23ClN4O2/c23-20-14-19(7-6-17(20)15-24)25-21(28)10-13-27-11-8-16(9-12-27)22(29)26-18-4-2-1-3-5-18/h1-7,14,16H,8-13H2,(H,25,28)(H,26,29). The molecule has 0 atom stereocenters. The van der Waals surface area contributed by atoms with Gasteiger partial charge in [0, 0.05) is 30.3 Å². The Morgan fingerprint density at radius 2 is 1.79 bits per heavy atom. The first-order valence-electron chi connectivity index (χ1n) is 9.63. The van der Waals surface area contributed by atoms with E-state index in [1.165, 1.54) is 0 Å². The number of amides is 2. The minimum absolute atomic E-state index is 0.000994. The Kier molecular flexibility index (Phi) is 7.23. The van der Waals surface area contributed by atoms with Crippen molar-refractivity contribution in [2.45, 2.75) is 19.3 Å². The summed E-state index contributed by atoms with van der Waals surface area (Å²) in [6, 6.07) is 16.3. The number of para-hydroxylation sites is 1. The summed E-state index contributed by atoms with van der Waals surface area (Å²) in [6.07, 6.45) is 1.93. The van der Waals surface area contributed by atoms with Crippen LogP contribution in [0.5, 0.6) is 0 Å². The van der Waals surface area contributed by atoms with Crippen molar-refractivity contribution in [3.05, 3.63) is 59.1 Å². The van der Waals surface area contributed by atoms with E-state index < -0.39 is 0 Å². The fourth-order valence-corrected chi connectivity index (χ4v) is 3.57. The number of benzene rings is 2. The number of nitrogens with zero attached hydrogens (tertiary/aromatic N) is 2. The maximum atomic E-state index is 12.4. The van der Waals surface area contributed by atoms with Crippen molar-refractivity contribution < 1.29 is 9.59 Å². The second-order valence-corrected chi connectivity index (χ2v) is 7.48.